The van der Waals surface area contributed by atoms with Crippen molar-refractivity contribution < 1.29 is 4.79 Å². The molecule has 0 spiro atoms. The minimum Gasteiger partial charge on any atom is -0.355 e. The van der Waals surface area contributed by atoms with E-state index in [-0.39, 0.29) is 10.7 Å². The first-order valence-corrected chi connectivity index (χ1v) is 7.05. The van der Waals surface area contributed by atoms with Crippen LogP contribution >= 0.6 is 11.8 Å². The number of carbonyl (C=O) groups is 1. The van der Waals surface area contributed by atoms with Crippen LogP contribution in [0.3, 0.4) is 0 Å². The largest absolute Gasteiger partial charge is 0.355 e. The zero-order chi connectivity index (χ0) is 12.8. The summed E-state index contributed by atoms with van der Waals surface area (Å²) in [6, 6.07) is 0. The fraction of sp³-hybridized carbons (Fsp3) is 0.923. The molecule has 0 saturated carbocycles. The number of hydrogen-bond acceptors (Lipinski definition) is 2. The maximum absolute atomic E-state index is 11.6. The van der Waals surface area contributed by atoms with Gasteiger partial charge in [-0.2, -0.15) is 11.8 Å². The van der Waals surface area contributed by atoms with Crippen LogP contribution in [0.25, 0.3) is 0 Å². The van der Waals surface area contributed by atoms with Gasteiger partial charge >= 0.3 is 0 Å². The van der Waals surface area contributed by atoms with Gasteiger partial charge in [0.25, 0.3) is 0 Å². The molecule has 0 rings (SSSR count). The Balaban J connectivity index is 3.81. The van der Waals surface area contributed by atoms with Crippen LogP contribution in [-0.2, 0) is 4.79 Å². The van der Waals surface area contributed by atoms with Crippen LogP contribution in [0, 0.1) is 5.92 Å². The van der Waals surface area contributed by atoms with E-state index in [0.717, 1.165) is 13.0 Å². The molecule has 0 saturated heterocycles. The van der Waals surface area contributed by atoms with E-state index in [2.05, 4.69) is 46.9 Å². The van der Waals surface area contributed by atoms with Gasteiger partial charge in [0.2, 0.25) is 5.91 Å². The predicted octanol–water partition coefficient (Wildman–Crippen LogP) is 3.46. The van der Waals surface area contributed by atoms with Gasteiger partial charge in [-0.1, -0.05) is 27.7 Å². The Bertz CT molecular complexity index is 212. The maximum atomic E-state index is 11.6. The second kappa shape index (κ2) is 7.21. The third-order valence-corrected chi connectivity index (χ3v) is 3.47. The minimum absolute atomic E-state index is 0.127. The average molecular weight is 245 g/mol. The first-order valence-electron chi connectivity index (χ1n) is 6.17. The summed E-state index contributed by atoms with van der Waals surface area (Å²) in [6.07, 6.45) is 1.63. The Morgan fingerprint density at radius 2 is 1.81 bits per heavy atom. The third kappa shape index (κ3) is 9.08. The highest BCUT2D eigenvalue weighted by atomic mass is 32.2. The van der Waals surface area contributed by atoms with Crippen molar-refractivity contribution in [1.29, 1.82) is 0 Å². The number of amides is 1. The van der Waals surface area contributed by atoms with Gasteiger partial charge in [0, 0.05) is 17.7 Å². The van der Waals surface area contributed by atoms with Crippen molar-refractivity contribution in [2.24, 2.45) is 5.92 Å². The smallest absolute Gasteiger partial charge is 0.220 e. The molecule has 16 heavy (non-hydrogen) atoms. The van der Waals surface area contributed by atoms with E-state index in [1.54, 1.807) is 0 Å². The van der Waals surface area contributed by atoms with E-state index in [1.165, 1.54) is 0 Å². The number of nitrogens with one attached hydrogen (secondary N) is 1. The molecule has 0 aliphatic heterocycles. The molecule has 1 amide bonds. The van der Waals surface area contributed by atoms with E-state index >= 15 is 0 Å². The van der Waals surface area contributed by atoms with Crippen LogP contribution in [0.4, 0.5) is 0 Å². The average Bonchev–Trinajstić information content (AvgIpc) is 2.09. The lowest BCUT2D eigenvalue weighted by Gasteiger charge is -2.26. The van der Waals surface area contributed by atoms with Crippen LogP contribution in [0.2, 0.25) is 0 Å². The molecular formula is C13H27NOS. The van der Waals surface area contributed by atoms with Crippen molar-refractivity contribution >= 4 is 17.7 Å². The van der Waals surface area contributed by atoms with Gasteiger partial charge in [-0.15, -0.1) is 0 Å². The van der Waals surface area contributed by atoms with Crippen molar-refractivity contribution in [2.75, 3.05) is 6.54 Å². The lowest BCUT2D eigenvalue weighted by Crippen LogP contribution is -2.37. The molecular weight excluding hydrogens is 218 g/mol. The molecule has 0 aliphatic rings. The normalized spacial score (nSPS) is 12.2. The van der Waals surface area contributed by atoms with E-state index < -0.39 is 0 Å². The Morgan fingerprint density at radius 3 is 2.25 bits per heavy atom. The first-order chi connectivity index (χ1) is 7.23. The fourth-order valence-corrected chi connectivity index (χ4v) is 2.93. The number of carbonyl (C=O) groups excluding carboxylic acids is 1. The molecule has 96 valence electrons. The highest BCUT2D eigenvalue weighted by molar-refractivity contribution is 8.01. The van der Waals surface area contributed by atoms with Crippen LogP contribution < -0.4 is 5.32 Å². The highest BCUT2D eigenvalue weighted by Gasteiger charge is 2.20. The van der Waals surface area contributed by atoms with E-state index in [1.807, 2.05) is 11.8 Å². The van der Waals surface area contributed by atoms with Gasteiger partial charge in [0.05, 0.1) is 0 Å². The maximum Gasteiger partial charge on any atom is 0.220 e. The Labute approximate surface area is 105 Å². The fourth-order valence-electron chi connectivity index (χ4n) is 1.50. The standard InChI is InChI=1S/C13H27NOS/c1-10(2)7-8-12(15)14-9-13(5,6)16-11(3)4/h10-11H,7-9H2,1-6H3,(H,14,15). The second-order valence-electron chi connectivity index (χ2n) is 5.64. The molecule has 0 bridgehead atoms. The van der Waals surface area contributed by atoms with Crippen molar-refractivity contribution in [3.05, 3.63) is 0 Å². The minimum atomic E-state index is 0.127. The van der Waals surface area contributed by atoms with Crippen LogP contribution in [-0.4, -0.2) is 22.4 Å². The molecule has 0 aromatic carbocycles. The van der Waals surface area contributed by atoms with E-state index in [4.69, 9.17) is 0 Å². The lowest BCUT2D eigenvalue weighted by molar-refractivity contribution is -0.121. The third-order valence-electron chi connectivity index (χ3n) is 2.21. The monoisotopic (exact) mass is 245 g/mol. The summed E-state index contributed by atoms with van der Waals surface area (Å²) in [5, 5.41) is 3.62. The van der Waals surface area contributed by atoms with Crippen LogP contribution in [0.5, 0.6) is 0 Å². The quantitative estimate of drug-likeness (QED) is 0.744. The van der Waals surface area contributed by atoms with E-state index in [0.29, 0.717) is 17.6 Å². The summed E-state index contributed by atoms with van der Waals surface area (Å²) in [7, 11) is 0. The highest BCUT2D eigenvalue weighted by Crippen LogP contribution is 2.27. The molecule has 0 unspecified atom stereocenters. The molecule has 0 fully saturated rings. The molecule has 3 heteroatoms. The number of thioether (sulfide) groups is 1. The molecule has 0 aromatic heterocycles. The SMILES string of the molecule is CC(C)CCC(=O)NCC(C)(C)SC(C)C. The van der Waals surface area contributed by atoms with Crippen LogP contribution in [0.1, 0.15) is 54.4 Å². The van der Waals surface area contributed by atoms with Gasteiger partial charge < -0.3 is 5.32 Å². The summed E-state index contributed by atoms with van der Waals surface area (Å²) >= 11 is 1.91. The van der Waals surface area contributed by atoms with Gasteiger partial charge in [-0.3, -0.25) is 4.79 Å². The predicted molar refractivity (Wildman–Crippen MR) is 73.9 cm³/mol. The molecule has 0 aliphatic carbocycles. The Kier molecular flexibility index (Phi) is 7.12. The molecule has 0 aromatic rings. The molecule has 0 heterocycles. The zero-order valence-corrected chi connectivity index (χ0v) is 12.4. The molecule has 0 atom stereocenters. The summed E-state index contributed by atoms with van der Waals surface area (Å²) < 4.78 is 0.127. The second-order valence-corrected chi connectivity index (χ2v) is 7.92. The molecule has 0 radical (unpaired) electrons. The van der Waals surface area contributed by atoms with Gasteiger partial charge in [-0.25, -0.2) is 0 Å². The molecule has 1 N–H and O–H groups in total. The summed E-state index contributed by atoms with van der Waals surface area (Å²) in [5.41, 5.74) is 0. The topological polar surface area (TPSA) is 29.1 Å². The summed E-state index contributed by atoms with van der Waals surface area (Å²) in [5.74, 6) is 0.787. The lowest BCUT2D eigenvalue weighted by atomic mass is 10.1. The van der Waals surface area contributed by atoms with Crippen molar-refractivity contribution in [2.45, 2.75) is 64.4 Å². The van der Waals surface area contributed by atoms with Gasteiger partial charge in [-0.05, 0) is 31.4 Å². The van der Waals surface area contributed by atoms with Crippen LogP contribution in [0.15, 0.2) is 0 Å². The van der Waals surface area contributed by atoms with Crippen molar-refractivity contribution in [3.8, 4) is 0 Å². The van der Waals surface area contributed by atoms with E-state index in [9.17, 15) is 4.79 Å². The van der Waals surface area contributed by atoms with Gasteiger partial charge in [0.15, 0.2) is 0 Å². The molecule has 2 nitrogen and oxygen atoms in total. The van der Waals surface area contributed by atoms with Gasteiger partial charge in [0.1, 0.15) is 0 Å². The van der Waals surface area contributed by atoms with Crippen molar-refractivity contribution in [3.63, 3.8) is 0 Å². The Hall–Kier alpha value is -0.180. The summed E-state index contributed by atoms with van der Waals surface area (Å²) in [6.45, 7) is 13.8. The Morgan fingerprint density at radius 1 is 1.25 bits per heavy atom. The zero-order valence-electron chi connectivity index (χ0n) is 11.6. The number of hydrogen-bond donors (Lipinski definition) is 1. The first kappa shape index (κ1) is 15.8. The summed E-state index contributed by atoms with van der Waals surface area (Å²) in [4.78, 5) is 11.6. The van der Waals surface area contributed by atoms with Crippen molar-refractivity contribution in [1.82, 2.24) is 5.32 Å². The number of rotatable bonds is 7.